The van der Waals surface area contributed by atoms with Gasteiger partial charge >= 0.3 is 0 Å². The molecule has 2 heteroatoms. The van der Waals surface area contributed by atoms with E-state index in [1.54, 1.807) is 0 Å². The van der Waals surface area contributed by atoms with E-state index in [1.807, 2.05) is 30.3 Å². The van der Waals surface area contributed by atoms with Crippen LogP contribution in [0, 0.1) is 0 Å². The molecule has 0 atom stereocenters. The molecule has 0 spiro atoms. The van der Waals surface area contributed by atoms with Gasteiger partial charge in [-0.05, 0) is 34.2 Å². The number of para-hydroxylation sites is 1. The average molecular weight is 343 g/mol. The second-order valence-corrected chi connectivity index (χ2v) is 6.73. The van der Waals surface area contributed by atoms with Crippen LogP contribution in [-0.4, -0.2) is 0 Å². The van der Waals surface area contributed by atoms with E-state index in [0.29, 0.717) is 0 Å². The first kappa shape index (κ1) is 14.6. The van der Waals surface area contributed by atoms with Gasteiger partial charge in [-0.2, -0.15) is 0 Å². The number of benzene rings is 4. The van der Waals surface area contributed by atoms with Crippen molar-refractivity contribution in [2.45, 2.75) is 6.42 Å². The molecule has 0 N–H and O–H groups in total. The molecular weight excluding hydrogens is 328 g/mol. The number of hydrogen-bond donors (Lipinski definition) is 0. The molecule has 0 aromatic heterocycles. The first-order valence-electron chi connectivity index (χ1n) is 8.36. The van der Waals surface area contributed by atoms with Gasteiger partial charge in [0.2, 0.25) is 0 Å². The van der Waals surface area contributed by atoms with Crippen molar-refractivity contribution in [3.63, 3.8) is 0 Å². The van der Waals surface area contributed by atoms with Gasteiger partial charge < -0.3 is 4.74 Å². The van der Waals surface area contributed by atoms with Gasteiger partial charge in [0, 0.05) is 22.4 Å². The fourth-order valence-electron chi connectivity index (χ4n) is 3.63. The van der Waals surface area contributed by atoms with Gasteiger partial charge in [-0.15, -0.1) is 0 Å². The third-order valence-corrected chi connectivity index (χ3v) is 5.17. The van der Waals surface area contributed by atoms with Crippen LogP contribution in [0.1, 0.15) is 11.1 Å². The lowest BCUT2D eigenvalue weighted by atomic mass is 9.92. The minimum absolute atomic E-state index is 0.751. The molecule has 0 aliphatic carbocycles. The fraction of sp³-hybridized carbons (Fsp3) is 0.0435. The Morgan fingerprint density at radius 1 is 0.680 bits per heavy atom. The zero-order chi connectivity index (χ0) is 16.8. The van der Waals surface area contributed by atoms with Crippen LogP contribution in [0.15, 0.2) is 78.9 Å². The predicted molar refractivity (Wildman–Crippen MR) is 104 cm³/mol. The molecule has 0 bridgehead atoms. The van der Waals surface area contributed by atoms with Crippen molar-refractivity contribution < 1.29 is 4.74 Å². The van der Waals surface area contributed by atoms with Crippen LogP contribution in [0.5, 0.6) is 11.5 Å². The first-order valence-corrected chi connectivity index (χ1v) is 8.74. The van der Waals surface area contributed by atoms with Crippen LogP contribution in [-0.2, 0) is 6.42 Å². The summed E-state index contributed by atoms with van der Waals surface area (Å²) in [6.45, 7) is 0. The SMILES string of the molecule is Clc1ccccc1Cc1cccc2c1Oc1cccc3cccc-2c13. The Balaban J connectivity index is 1.71. The smallest absolute Gasteiger partial charge is 0.138 e. The highest BCUT2D eigenvalue weighted by molar-refractivity contribution is 6.31. The van der Waals surface area contributed by atoms with Crippen molar-refractivity contribution >= 4 is 22.4 Å². The number of rotatable bonds is 2. The van der Waals surface area contributed by atoms with Gasteiger partial charge in [0.05, 0.1) is 0 Å². The summed E-state index contributed by atoms with van der Waals surface area (Å²) in [5.74, 6) is 1.86. The zero-order valence-corrected chi connectivity index (χ0v) is 14.3. The lowest BCUT2D eigenvalue weighted by Gasteiger charge is -2.23. The molecule has 120 valence electrons. The number of ether oxygens (including phenoxy) is 1. The molecule has 0 fully saturated rings. The van der Waals surface area contributed by atoms with Crippen molar-refractivity contribution in [1.29, 1.82) is 0 Å². The summed E-state index contributed by atoms with van der Waals surface area (Å²) in [6, 6.07) is 27.0. The highest BCUT2D eigenvalue weighted by Gasteiger charge is 2.22. The van der Waals surface area contributed by atoms with Crippen molar-refractivity contribution in [1.82, 2.24) is 0 Å². The maximum absolute atomic E-state index is 6.36. The van der Waals surface area contributed by atoms with Crippen molar-refractivity contribution in [3.8, 4) is 22.6 Å². The molecule has 0 saturated heterocycles. The Hall–Kier alpha value is -2.77. The summed E-state index contributed by atoms with van der Waals surface area (Å²) in [7, 11) is 0. The van der Waals surface area contributed by atoms with Crippen LogP contribution in [0.4, 0.5) is 0 Å². The van der Waals surface area contributed by atoms with Crippen LogP contribution >= 0.6 is 11.6 Å². The second kappa shape index (κ2) is 5.65. The highest BCUT2D eigenvalue weighted by Crippen LogP contribution is 2.48. The molecule has 1 aliphatic rings. The Kier molecular flexibility index (Phi) is 3.29. The van der Waals surface area contributed by atoms with Crippen LogP contribution < -0.4 is 4.74 Å². The van der Waals surface area contributed by atoms with Gasteiger partial charge in [0.15, 0.2) is 0 Å². The van der Waals surface area contributed by atoms with E-state index in [2.05, 4.69) is 48.5 Å². The molecule has 5 rings (SSSR count). The molecule has 1 nitrogen and oxygen atoms in total. The molecule has 0 amide bonds. The number of fused-ring (bicyclic) bond motifs is 2. The first-order chi connectivity index (χ1) is 12.3. The van der Waals surface area contributed by atoms with Crippen LogP contribution in [0.25, 0.3) is 21.9 Å². The second-order valence-electron chi connectivity index (χ2n) is 6.32. The monoisotopic (exact) mass is 342 g/mol. The molecule has 0 saturated carbocycles. The Labute approximate surface area is 151 Å². The van der Waals surface area contributed by atoms with Gasteiger partial charge in [0.1, 0.15) is 11.5 Å². The van der Waals surface area contributed by atoms with E-state index in [-0.39, 0.29) is 0 Å². The lowest BCUT2D eigenvalue weighted by molar-refractivity contribution is 0.481. The van der Waals surface area contributed by atoms with Crippen LogP contribution in [0.2, 0.25) is 5.02 Å². The fourth-order valence-corrected chi connectivity index (χ4v) is 3.83. The molecule has 1 aliphatic heterocycles. The maximum Gasteiger partial charge on any atom is 0.138 e. The van der Waals surface area contributed by atoms with E-state index in [0.717, 1.165) is 39.6 Å². The summed E-state index contributed by atoms with van der Waals surface area (Å²) in [5, 5.41) is 3.18. The minimum Gasteiger partial charge on any atom is -0.456 e. The van der Waals surface area contributed by atoms with E-state index < -0.39 is 0 Å². The molecule has 4 aromatic carbocycles. The summed E-state index contributed by atoms with van der Waals surface area (Å²) in [6.07, 6.45) is 0.751. The predicted octanol–water partition coefficient (Wildman–Crippen LogP) is 6.86. The third kappa shape index (κ3) is 2.32. The van der Waals surface area contributed by atoms with E-state index in [1.165, 1.54) is 16.3 Å². The maximum atomic E-state index is 6.36. The molecule has 0 unspecified atom stereocenters. The number of halogens is 1. The summed E-state index contributed by atoms with van der Waals surface area (Å²) < 4.78 is 6.35. The molecule has 1 heterocycles. The van der Waals surface area contributed by atoms with Gasteiger partial charge in [-0.25, -0.2) is 0 Å². The summed E-state index contributed by atoms with van der Waals surface area (Å²) >= 11 is 6.36. The Morgan fingerprint density at radius 2 is 1.40 bits per heavy atom. The van der Waals surface area contributed by atoms with Gasteiger partial charge in [0.25, 0.3) is 0 Å². The third-order valence-electron chi connectivity index (χ3n) is 4.80. The standard InChI is InChI=1S/C23H15ClO/c24-20-12-2-1-6-16(20)14-17-9-4-11-19-18-10-3-7-15-8-5-13-21(22(15)18)25-23(17)19/h1-13H,14H2. The minimum atomic E-state index is 0.751. The summed E-state index contributed by atoms with van der Waals surface area (Å²) in [4.78, 5) is 0. The Morgan fingerprint density at radius 3 is 2.28 bits per heavy atom. The normalized spacial score (nSPS) is 11.9. The van der Waals surface area contributed by atoms with Gasteiger partial charge in [-0.1, -0.05) is 78.3 Å². The topological polar surface area (TPSA) is 9.23 Å². The quantitative estimate of drug-likeness (QED) is 0.340. The van der Waals surface area contributed by atoms with E-state index in [9.17, 15) is 0 Å². The molecule has 25 heavy (non-hydrogen) atoms. The van der Waals surface area contributed by atoms with Crippen LogP contribution in [0.3, 0.4) is 0 Å². The van der Waals surface area contributed by atoms with E-state index >= 15 is 0 Å². The van der Waals surface area contributed by atoms with Gasteiger partial charge in [-0.3, -0.25) is 0 Å². The van der Waals surface area contributed by atoms with E-state index in [4.69, 9.17) is 16.3 Å². The van der Waals surface area contributed by atoms with Crippen molar-refractivity contribution in [3.05, 3.63) is 95.0 Å². The van der Waals surface area contributed by atoms with Crippen molar-refractivity contribution in [2.75, 3.05) is 0 Å². The average Bonchev–Trinajstić information content (AvgIpc) is 2.65. The largest absolute Gasteiger partial charge is 0.456 e. The van der Waals surface area contributed by atoms with Crippen molar-refractivity contribution in [2.24, 2.45) is 0 Å². The zero-order valence-electron chi connectivity index (χ0n) is 13.5. The Bertz CT molecular complexity index is 1110. The molecule has 0 radical (unpaired) electrons. The highest BCUT2D eigenvalue weighted by atomic mass is 35.5. The molecule has 4 aromatic rings. The molecular formula is C23H15ClO. The summed E-state index contributed by atoms with van der Waals surface area (Å²) in [5.41, 5.74) is 4.64. The lowest BCUT2D eigenvalue weighted by Crippen LogP contribution is -2.01. The number of hydrogen-bond acceptors (Lipinski definition) is 1.